The molecule has 5 heteroatoms. The van der Waals surface area contributed by atoms with Crippen molar-refractivity contribution >= 4 is 12.0 Å². The largest absolute Gasteiger partial charge is 0.445 e. The third kappa shape index (κ3) is 13.6. The zero-order valence-corrected chi connectivity index (χ0v) is 15.5. The topological polar surface area (TPSA) is 81.4 Å². The van der Waals surface area contributed by atoms with Crippen LogP contribution in [0.3, 0.4) is 0 Å². The Bertz CT molecular complexity index is 473. The molecule has 0 fully saturated rings. The summed E-state index contributed by atoms with van der Waals surface area (Å²) in [6.45, 7) is 10.7. The van der Waals surface area contributed by atoms with Gasteiger partial charge in [0.25, 0.3) is 0 Å². The summed E-state index contributed by atoms with van der Waals surface area (Å²) in [4.78, 5) is 21.5. The number of primary amides is 1. The van der Waals surface area contributed by atoms with Crippen molar-refractivity contribution in [3.05, 3.63) is 35.9 Å². The Kier molecular flexibility index (Phi) is 11.3. The molecular formula is C19H32N2O3. The molecule has 0 saturated carbocycles. The van der Waals surface area contributed by atoms with Gasteiger partial charge in [-0.3, -0.25) is 4.79 Å². The van der Waals surface area contributed by atoms with Crippen LogP contribution < -0.4 is 11.1 Å². The van der Waals surface area contributed by atoms with Crippen LogP contribution in [0.4, 0.5) is 4.79 Å². The lowest BCUT2D eigenvalue weighted by molar-refractivity contribution is -0.122. The first-order valence-corrected chi connectivity index (χ1v) is 8.46. The number of carbonyl (C=O) groups is 2. The van der Waals surface area contributed by atoms with E-state index in [1.807, 2.05) is 44.2 Å². The summed E-state index contributed by atoms with van der Waals surface area (Å²) in [5.41, 5.74) is 5.72. The Morgan fingerprint density at radius 1 is 1.08 bits per heavy atom. The maximum atomic E-state index is 11.3. The number of carbonyl (C=O) groups excluding carboxylic acids is 2. The molecule has 3 N–H and O–H groups in total. The van der Waals surface area contributed by atoms with Crippen molar-refractivity contribution < 1.29 is 14.3 Å². The van der Waals surface area contributed by atoms with Crippen molar-refractivity contribution in [1.29, 1.82) is 0 Å². The van der Waals surface area contributed by atoms with Gasteiger partial charge in [0, 0.05) is 12.5 Å². The predicted molar refractivity (Wildman–Crippen MR) is 97.3 cm³/mol. The van der Waals surface area contributed by atoms with Crippen molar-refractivity contribution in [3.63, 3.8) is 0 Å². The van der Waals surface area contributed by atoms with Gasteiger partial charge < -0.3 is 15.8 Å². The van der Waals surface area contributed by atoms with Gasteiger partial charge in [-0.15, -0.1) is 0 Å². The molecule has 0 bridgehead atoms. The summed E-state index contributed by atoms with van der Waals surface area (Å²) in [5.74, 6) is 1.36. The number of ether oxygens (including phenoxy) is 1. The molecular weight excluding hydrogens is 304 g/mol. The van der Waals surface area contributed by atoms with Crippen LogP contribution in [-0.2, 0) is 16.1 Å². The van der Waals surface area contributed by atoms with E-state index in [2.05, 4.69) is 30.8 Å². The van der Waals surface area contributed by atoms with Crippen molar-refractivity contribution in [2.45, 2.75) is 60.1 Å². The average molecular weight is 336 g/mol. The average Bonchev–Trinajstić information content (AvgIpc) is 2.44. The Morgan fingerprint density at radius 2 is 1.67 bits per heavy atom. The second-order valence-corrected chi connectivity index (χ2v) is 6.75. The van der Waals surface area contributed by atoms with E-state index in [0.717, 1.165) is 12.0 Å². The highest BCUT2D eigenvalue weighted by molar-refractivity contribution is 5.76. The Labute approximate surface area is 146 Å². The van der Waals surface area contributed by atoms with Crippen molar-refractivity contribution in [3.8, 4) is 0 Å². The van der Waals surface area contributed by atoms with E-state index in [-0.39, 0.29) is 18.6 Å². The smallest absolute Gasteiger partial charge is 0.404 e. The van der Waals surface area contributed by atoms with Crippen molar-refractivity contribution in [2.75, 3.05) is 0 Å². The standard InChI is InChI=1S/C11H23NO.C8H9NO2/c1-8(2)6-10(5)7-11(13)12-9(3)4;9-8(10)11-6-7-4-2-1-3-5-7/h8-10H,6-7H2,1-5H3,(H,12,13);1-5H,6H2,(H2,9,10)/t10-;/m0./s1. The van der Waals surface area contributed by atoms with Crippen molar-refractivity contribution in [2.24, 2.45) is 17.6 Å². The third-order valence-electron chi connectivity index (χ3n) is 3.08. The third-order valence-corrected chi connectivity index (χ3v) is 3.08. The summed E-state index contributed by atoms with van der Waals surface area (Å²) >= 11 is 0. The molecule has 0 spiro atoms. The predicted octanol–water partition coefficient (Wildman–Crippen LogP) is 3.87. The molecule has 0 heterocycles. The molecule has 1 aromatic carbocycles. The first kappa shape index (κ1) is 22.0. The molecule has 0 aliphatic heterocycles. The fraction of sp³-hybridized carbons (Fsp3) is 0.579. The van der Waals surface area contributed by atoms with Gasteiger partial charge >= 0.3 is 6.09 Å². The molecule has 0 aliphatic carbocycles. The summed E-state index contributed by atoms with van der Waals surface area (Å²) < 4.78 is 4.57. The lowest BCUT2D eigenvalue weighted by Crippen LogP contribution is -2.31. The lowest BCUT2D eigenvalue weighted by Gasteiger charge is -2.14. The first-order valence-electron chi connectivity index (χ1n) is 8.46. The van der Waals surface area contributed by atoms with Gasteiger partial charge in [0.1, 0.15) is 6.61 Å². The molecule has 1 atom stereocenters. The molecule has 0 unspecified atom stereocenters. The Balaban J connectivity index is 0.000000446. The molecule has 24 heavy (non-hydrogen) atoms. The van der Waals surface area contributed by atoms with Crippen LogP contribution in [0.2, 0.25) is 0 Å². The summed E-state index contributed by atoms with van der Waals surface area (Å²) in [5, 5.41) is 2.91. The van der Waals surface area contributed by atoms with Gasteiger partial charge in [-0.1, -0.05) is 51.1 Å². The van der Waals surface area contributed by atoms with Gasteiger partial charge in [-0.25, -0.2) is 4.79 Å². The van der Waals surface area contributed by atoms with E-state index in [4.69, 9.17) is 5.73 Å². The minimum atomic E-state index is -0.742. The maximum absolute atomic E-state index is 11.3. The number of benzene rings is 1. The van der Waals surface area contributed by atoms with E-state index in [9.17, 15) is 9.59 Å². The molecule has 5 nitrogen and oxygen atoms in total. The van der Waals surface area contributed by atoms with Gasteiger partial charge in [0.2, 0.25) is 5.91 Å². The van der Waals surface area contributed by atoms with Crippen LogP contribution >= 0.6 is 0 Å². The van der Waals surface area contributed by atoms with Gasteiger partial charge in [0.15, 0.2) is 0 Å². The van der Waals surface area contributed by atoms with E-state index < -0.39 is 6.09 Å². The number of amides is 2. The van der Waals surface area contributed by atoms with Crippen molar-refractivity contribution in [1.82, 2.24) is 5.32 Å². The SMILES string of the molecule is CC(C)C[C@H](C)CC(=O)NC(C)C.NC(=O)OCc1ccccc1. The molecule has 136 valence electrons. The second-order valence-electron chi connectivity index (χ2n) is 6.75. The number of nitrogens with one attached hydrogen (secondary N) is 1. The summed E-state index contributed by atoms with van der Waals surface area (Å²) in [6, 6.07) is 9.64. The van der Waals surface area contributed by atoms with E-state index in [1.54, 1.807) is 0 Å². The molecule has 0 saturated heterocycles. The molecule has 0 radical (unpaired) electrons. The van der Waals surface area contributed by atoms with Crippen LogP contribution in [0.1, 0.15) is 53.0 Å². The Hall–Kier alpha value is -2.04. The van der Waals surface area contributed by atoms with Crippen LogP contribution in [0.25, 0.3) is 0 Å². The number of hydrogen-bond acceptors (Lipinski definition) is 3. The van der Waals surface area contributed by atoms with Crippen LogP contribution in [0, 0.1) is 11.8 Å². The van der Waals surface area contributed by atoms with Gasteiger partial charge in [-0.2, -0.15) is 0 Å². The zero-order valence-electron chi connectivity index (χ0n) is 15.5. The fourth-order valence-corrected chi connectivity index (χ4v) is 2.31. The Morgan fingerprint density at radius 3 is 2.12 bits per heavy atom. The van der Waals surface area contributed by atoms with Crippen LogP contribution in [-0.4, -0.2) is 18.0 Å². The fourth-order valence-electron chi connectivity index (χ4n) is 2.31. The minimum Gasteiger partial charge on any atom is -0.445 e. The molecule has 0 aliphatic rings. The molecule has 0 aromatic heterocycles. The highest BCUT2D eigenvalue weighted by atomic mass is 16.5. The quantitative estimate of drug-likeness (QED) is 0.793. The number of rotatable bonds is 7. The van der Waals surface area contributed by atoms with E-state index in [1.165, 1.54) is 0 Å². The molecule has 1 rings (SSSR count). The van der Waals surface area contributed by atoms with Crippen LogP contribution in [0.15, 0.2) is 30.3 Å². The van der Waals surface area contributed by atoms with Crippen LogP contribution in [0.5, 0.6) is 0 Å². The highest BCUT2D eigenvalue weighted by Gasteiger charge is 2.10. The van der Waals surface area contributed by atoms with Gasteiger partial charge in [0.05, 0.1) is 0 Å². The summed E-state index contributed by atoms with van der Waals surface area (Å²) in [6.07, 6.45) is 1.05. The highest BCUT2D eigenvalue weighted by Crippen LogP contribution is 2.14. The first-order chi connectivity index (χ1) is 11.2. The van der Waals surface area contributed by atoms with E-state index >= 15 is 0 Å². The number of hydrogen-bond donors (Lipinski definition) is 2. The zero-order chi connectivity index (χ0) is 18.5. The minimum absolute atomic E-state index is 0.183. The normalized spacial score (nSPS) is 11.5. The second kappa shape index (κ2) is 12.4. The monoisotopic (exact) mass is 336 g/mol. The molecule has 2 amide bonds. The van der Waals surface area contributed by atoms with Gasteiger partial charge in [-0.05, 0) is 37.7 Å². The molecule has 1 aromatic rings. The number of nitrogens with two attached hydrogens (primary N) is 1. The maximum Gasteiger partial charge on any atom is 0.404 e. The lowest BCUT2D eigenvalue weighted by atomic mass is 9.96. The van der Waals surface area contributed by atoms with E-state index in [0.29, 0.717) is 18.3 Å². The summed E-state index contributed by atoms with van der Waals surface area (Å²) in [7, 11) is 0.